The monoisotopic (exact) mass is 548 g/mol. The van der Waals surface area contributed by atoms with Crippen molar-refractivity contribution in [1.29, 1.82) is 0 Å². The third-order valence-corrected chi connectivity index (χ3v) is 7.53. The van der Waals surface area contributed by atoms with E-state index in [1.807, 2.05) is 24.3 Å². The molecule has 0 aliphatic carbocycles. The first kappa shape index (κ1) is 27.7. The molecule has 2 aliphatic heterocycles. The summed E-state index contributed by atoms with van der Waals surface area (Å²) in [7, 11) is 1.60. The van der Waals surface area contributed by atoms with Crippen LogP contribution in [-0.4, -0.2) is 64.8 Å². The Hall–Kier alpha value is -3.89. The molecule has 10 heteroatoms. The number of H-pyrrole nitrogens is 1. The second-order valence-electron chi connectivity index (χ2n) is 10.3. The highest BCUT2D eigenvalue weighted by Gasteiger charge is 2.28. The fraction of sp³-hybridized carbons (Fsp3) is 0.400. The first-order chi connectivity index (χ1) is 19.4. The van der Waals surface area contributed by atoms with E-state index >= 15 is 0 Å². The van der Waals surface area contributed by atoms with Gasteiger partial charge < -0.3 is 19.4 Å². The van der Waals surface area contributed by atoms with Crippen molar-refractivity contribution in [2.24, 2.45) is 5.92 Å². The number of fused-ring (bicyclic) bond motifs is 1. The lowest BCUT2D eigenvalue weighted by molar-refractivity contribution is -0.134. The van der Waals surface area contributed by atoms with Gasteiger partial charge in [-0.2, -0.15) is 0 Å². The average molecular weight is 549 g/mol. The molecule has 0 unspecified atom stereocenters. The van der Waals surface area contributed by atoms with Gasteiger partial charge in [0.15, 0.2) is 5.78 Å². The number of Topliss-reactive ketones (excluding diaryl/α,β-unsaturated/α-hetero) is 1. The highest BCUT2D eigenvalue weighted by Crippen LogP contribution is 2.23. The molecular formula is C30H33FN4O5. The number of methoxy groups -OCH3 is 1. The molecule has 1 fully saturated rings. The molecule has 9 nitrogen and oxygen atoms in total. The van der Waals surface area contributed by atoms with Crippen LogP contribution in [0.4, 0.5) is 4.39 Å². The lowest BCUT2D eigenvalue weighted by atomic mass is 9.89. The molecule has 1 saturated heterocycles. The molecule has 0 spiro atoms. The predicted octanol–water partition coefficient (Wildman–Crippen LogP) is 3.11. The van der Waals surface area contributed by atoms with Crippen molar-refractivity contribution in [2.45, 2.75) is 39.0 Å². The number of piperidine rings is 1. The largest absolute Gasteiger partial charge is 0.497 e. The van der Waals surface area contributed by atoms with Gasteiger partial charge >= 0.3 is 0 Å². The topological polar surface area (TPSA) is 105 Å². The fourth-order valence-electron chi connectivity index (χ4n) is 5.27. The Bertz CT molecular complexity index is 1420. The van der Waals surface area contributed by atoms with Crippen molar-refractivity contribution >= 4 is 11.7 Å². The Labute approximate surface area is 231 Å². The quantitative estimate of drug-likeness (QED) is 0.410. The van der Waals surface area contributed by atoms with E-state index in [-0.39, 0.29) is 48.7 Å². The Kier molecular flexibility index (Phi) is 8.66. The van der Waals surface area contributed by atoms with Gasteiger partial charge in [-0.3, -0.25) is 19.3 Å². The molecule has 0 radical (unpaired) electrons. The second-order valence-corrected chi connectivity index (χ2v) is 10.3. The minimum atomic E-state index is -0.368. The van der Waals surface area contributed by atoms with Crippen molar-refractivity contribution in [1.82, 2.24) is 19.8 Å². The molecule has 210 valence electrons. The zero-order chi connectivity index (χ0) is 28.1. The summed E-state index contributed by atoms with van der Waals surface area (Å²) in [5.41, 5.74) is 2.43. The number of ether oxygens (including phenoxy) is 2. The Morgan fingerprint density at radius 3 is 2.67 bits per heavy atom. The van der Waals surface area contributed by atoms with Gasteiger partial charge in [0.05, 0.1) is 44.7 Å². The van der Waals surface area contributed by atoms with Gasteiger partial charge in [0.2, 0.25) is 5.91 Å². The number of ketones is 1. The van der Waals surface area contributed by atoms with Crippen LogP contribution in [0.3, 0.4) is 0 Å². The molecular weight excluding hydrogens is 515 g/mol. The van der Waals surface area contributed by atoms with E-state index in [1.54, 1.807) is 12.0 Å². The van der Waals surface area contributed by atoms with Crippen molar-refractivity contribution < 1.29 is 23.5 Å². The molecule has 2 aliphatic rings. The Balaban J connectivity index is 1.27. The van der Waals surface area contributed by atoms with E-state index in [0.29, 0.717) is 73.9 Å². The minimum Gasteiger partial charge on any atom is -0.497 e. The highest BCUT2D eigenvalue weighted by atomic mass is 19.1. The summed E-state index contributed by atoms with van der Waals surface area (Å²) < 4.78 is 24.0. The van der Waals surface area contributed by atoms with Crippen molar-refractivity contribution in [3.8, 4) is 5.75 Å². The first-order valence-electron chi connectivity index (χ1n) is 13.5. The van der Waals surface area contributed by atoms with Crippen molar-refractivity contribution in [3.63, 3.8) is 0 Å². The summed E-state index contributed by atoms with van der Waals surface area (Å²) in [6.07, 6.45) is 1.81. The number of hydrogen-bond acceptors (Lipinski definition) is 7. The molecule has 2 aromatic carbocycles. The van der Waals surface area contributed by atoms with Gasteiger partial charge in [0.25, 0.3) is 5.56 Å². The fourth-order valence-corrected chi connectivity index (χ4v) is 5.27. The minimum absolute atomic E-state index is 0.0125. The molecule has 0 bridgehead atoms. The van der Waals surface area contributed by atoms with Crippen LogP contribution >= 0.6 is 0 Å². The number of aromatic nitrogens is 2. The number of rotatable bonds is 9. The predicted molar refractivity (Wildman–Crippen MR) is 145 cm³/mol. The number of aromatic amines is 1. The summed E-state index contributed by atoms with van der Waals surface area (Å²) in [6.45, 7) is 2.61. The maximum atomic E-state index is 13.6. The van der Waals surface area contributed by atoms with Crippen molar-refractivity contribution in [2.75, 3.05) is 33.4 Å². The highest BCUT2D eigenvalue weighted by molar-refractivity contribution is 5.97. The van der Waals surface area contributed by atoms with Gasteiger partial charge in [-0.15, -0.1) is 0 Å². The second kappa shape index (κ2) is 12.5. The Morgan fingerprint density at radius 1 is 1.15 bits per heavy atom. The van der Waals surface area contributed by atoms with Gasteiger partial charge in [0.1, 0.15) is 17.4 Å². The van der Waals surface area contributed by atoms with Crippen LogP contribution < -0.4 is 10.3 Å². The maximum Gasteiger partial charge on any atom is 0.256 e. The summed E-state index contributed by atoms with van der Waals surface area (Å²) in [6, 6.07) is 13.2. The molecule has 0 saturated carbocycles. The van der Waals surface area contributed by atoms with Crippen LogP contribution in [0.25, 0.3) is 0 Å². The molecule has 1 amide bonds. The third kappa shape index (κ3) is 6.63. The van der Waals surface area contributed by atoms with Crippen LogP contribution in [0.5, 0.6) is 5.75 Å². The van der Waals surface area contributed by atoms with Crippen LogP contribution in [-0.2, 0) is 35.6 Å². The van der Waals surface area contributed by atoms with Crippen LogP contribution in [0.15, 0.2) is 53.3 Å². The number of carbonyl (C=O) groups is 2. The maximum absolute atomic E-state index is 13.6. The number of benzene rings is 2. The zero-order valence-electron chi connectivity index (χ0n) is 22.5. The smallest absolute Gasteiger partial charge is 0.256 e. The Morgan fingerprint density at radius 2 is 1.93 bits per heavy atom. The molecule has 3 heterocycles. The van der Waals surface area contributed by atoms with Gasteiger partial charge in [-0.1, -0.05) is 12.1 Å². The first-order valence-corrected chi connectivity index (χ1v) is 13.5. The number of amides is 1. The number of nitrogens with one attached hydrogen (secondary N) is 1. The molecule has 40 heavy (non-hydrogen) atoms. The molecule has 3 aromatic rings. The van der Waals surface area contributed by atoms with Gasteiger partial charge in [-0.25, -0.2) is 9.37 Å². The molecule has 1 N–H and O–H groups in total. The van der Waals surface area contributed by atoms with Gasteiger partial charge in [0, 0.05) is 24.4 Å². The SMILES string of the molecule is COc1cccc(CN(Cc2nc3c(c(=O)[nH]2)COCC3)C(=O)CN2CCC(C(=O)c3ccc(F)cc3)CC2)c1. The van der Waals surface area contributed by atoms with E-state index < -0.39 is 0 Å². The molecule has 0 atom stereocenters. The number of halogens is 1. The van der Waals surface area contributed by atoms with E-state index in [2.05, 4.69) is 14.9 Å². The van der Waals surface area contributed by atoms with Crippen molar-refractivity contribution in [3.05, 3.63) is 92.9 Å². The molecule has 5 rings (SSSR count). The number of likely N-dealkylation sites (tertiary alicyclic amines) is 1. The van der Waals surface area contributed by atoms with E-state index in [0.717, 1.165) is 5.56 Å². The van der Waals surface area contributed by atoms with E-state index in [4.69, 9.17) is 9.47 Å². The van der Waals surface area contributed by atoms with Crippen LogP contribution in [0, 0.1) is 11.7 Å². The average Bonchev–Trinajstić information content (AvgIpc) is 2.97. The number of hydrogen-bond donors (Lipinski definition) is 1. The summed E-state index contributed by atoms with van der Waals surface area (Å²) in [4.78, 5) is 50.4. The van der Waals surface area contributed by atoms with Crippen LogP contribution in [0.2, 0.25) is 0 Å². The normalized spacial score (nSPS) is 15.8. The lowest BCUT2D eigenvalue weighted by Crippen LogP contribution is -2.44. The number of carbonyl (C=O) groups excluding carboxylic acids is 2. The van der Waals surface area contributed by atoms with E-state index in [1.165, 1.54) is 24.3 Å². The van der Waals surface area contributed by atoms with Crippen LogP contribution in [0.1, 0.15) is 45.8 Å². The van der Waals surface area contributed by atoms with E-state index in [9.17, 15) is 18.8 Å². The number of nitrogens with zero attached hydrogens (tertiary/aromatic N) is 3. The lowest BCUT2D eigenvalue weighted by Gasteiger charge is -2.32. The van der Waals surface area contributed by atoms with Gasteiger partial charge in [-0.05, 0) is 67.9 Å². The standard InChI is InChI=1S/C30H33FN4O5/c1-39-24-4-2-3-20(15-24)16-35(17-27-32-26-11-14-40-19-25(26)30(38)33-27)28(36)18-34-12-9-22(10-13-34)29(37)21-5-7-23(31)8-6-21/h2-8,15,22H,9-14,16-19H2,1H3,(H,32,33,38). The third-order valence-electron chi connectivity index (χ3n) is 7.53. The molecule has 1 aromatic heterocycles. The summed E-state index contributed by atoms with van der Waals surface area (Å²) >= 11 is 0. The summed E-state index contributed by atoms with van der Waals surface area (Å²) in [5, 5.41) is 0. The summed E-state index contributed by atoms with van der Waals surface area (Å²) in [5.74, 6) is 0.516. The zero-order valence-corrected chi connectivity index (χ0v) is 22.5.